The molecule has 1 heterocycles. The molecule has 4 nitrogen and oxygen atoms in total. The highest BCUT2D eigenvalue weighted by Crippen LogP contribution is 2.27. The van der Waals surface area contributed by atoms with Crippen LogP contribution in [-0.4, -0.2) is 46.7 Å². The van der Waals surface area contributed by atoms with Crippen LogP contribution in [-0.2, 0) is 14.6 Å². The lowest BCUT2D eigenvalue weighted by molar-refractivity contribution is 0.109. The van der Waals surface area contributed by atoms with Gasteiger partial charge in [0.2, 0.25) is 0 Å². The van der Waals surface area contributed by atoms with Crippen LogP contribution in [0.5, 0.6) is 0 Å². The average molecular weight is 277 g/mol. The quantitative estimate of drug-likeness (QED) is 0.648. The third-order valence-corrected chi connectivity index (χ3v) is 5.47. The minimum absolute atomic E-state index is 0.317. The molecule has 0 bridgehead atoms. The fourth-order valence-electron chi connectivity index (χ4n) is 2.55. The van der Waals surface area contributed by atoms with Crippen molar-refractivity contribution in [2.24, 2.45) is 11.8 Å². The molecule has 0 aromatic carbocycles. The number of ether oxygens (including phenoxy) is 1. The Morgan fingerprint density at radius 1 is 1.39 bits per heavy atom. The third-order valence-electron chi connectivity index (χ3n) is 3.68. The largest absolute Gasteiger partial charge is 0.381 e. The molecule has 2 atom stereocenters. The van der Waals surface area contributed by atoms with Crippen molar-refractivity contribution < 1.29 is 13.2 Å². The topological polar surface area (TPSA) is 55.4 Å². The number of sulfone groups is 1. The molecule has 0 aliphatic carbocycles. The van der Waals surface area contributed by atoms with E-state index < -0.39 is 9.84 Å². The van der Waals surface area contributed by atoms with Gasteiger partial charge in [-0.2, -0.15) is 0 Å². The van der Waals surface area contributed by atoms with Gasteiger partial charge in [-0.3, -0.25) is 0 Å². The Morgan fingerprint density at radius 2 is 2.17 bits per heavy atom. The molecule has 5 heteroatoms. The van der Waals surface area contributed by atoms with Gasteiger partial charge >= 0.3 is 0 Å². The first-order valence-corrected chi connectivity index (χ1v) is 8.84. The molecule has 0 aromatic rings. The minimum atomic E-state index is -2.77. The molecule has 0 saturated carbocycles. The summed E-state index contributed by atoms with van der Waals surface area (Å²) in [4.78, 5) is 0. The maximum atomic E-state index is 11.5. The molecular weight excluding hydrogens is 250 g/mol. The Balaban J connectivity index is 2.31. The molecule has 1 N–H and O–H groups in total. The summed E-state index contributed by atoms with van der Waals surface area (Å²) in [5.41, 5.74) is 0. The van der Waals surface area contributed by atoms with Crippen molar-refractivity contribution in [3.63, 3.8) is 0 Å². The number of hydrogen-bond donors (Lipinski definition) is 1. The summed E-state index contributed by atoms with van der Waals surface area (Å²) in [6, 6.07) is 0. The van der Waals surface area contributed by atoms with Crippen molar-refractivity contribution in [2.75, 3.05) is 38.3 Å². The standard InChI is InChI=1S/C13H27NO3S/c1-3-4-7-17-8-5-12(10-14-2)13-6-9-18(15,16)11-13/h12-14H,3-11H2,1-2H3. The SMILES string of the molecule is CCCCOCCC(CNC)C1CCS(=O)(=O)C1. The smallest absolute Gasteiger partial charge is 0.150 e. The van der Waals surface area contributed by atoms with Crippen LogP contribution in [0.4, 0.5) is 0 Å². The molecular formula is C13H27NO3S. The zero-order chi connectivity index (χ0) is 13.4. The molecule has 0 amide bonds. The number of hydrogen-bond acceptors (Lipinski definition) is 4. The van der Waals surface area contributed by atoms with Crippen molar-refractivity contribution in [3.8, 4) is 0 Å². The molecule has 0 radical (unpaired) electrons. The maximum absolute atomic E-state index is 11.5. The molecule has 1 rings (SSSR count). The fraction of sp³-hybridized carbons (Fsp3) is 1.00. The highest BCUT2D eigenvalue weighted by Gasteiger charge is 2.32. The van der Waals surface area contributed by atoms with E-state index in [1.165, 1.54) is 0 Å². The Bertz CT molecular complexity index is 316. The number of nitrogens with one attached hydrogen (secondary N) is 1. The molecule has 1 fully saturated rings. The summed E-state index contributed by atoms with van der Waals surface area (Å²) in [5.74, 6) is 1.48. The summed E-state index contributed by atoms with van der Waals surface area (Å²) >= 11 is 0. The molecule has 1 aliphatic heterocycles. The minimum Gasteiger partial charge on any atom is -0.381 e. The second-order valence-electron chi connectivity index (χ2n) is 5.24. The Labute approximate surface area is 111 Å². The van der Waals surface area contributed by atoms with Crippen LogP contribution in [0.1, 0.15) is 32.6 Å². The Hall–Kier alpha value is -0.130. The van der Waals surface area contributed by atoms with Gasteiger partial charge in [0.05, 0.1) is 11.5 Å². The summed E-state index contributed by atoms with van der Waals surface area (Å²) in [5, 5.41) is 3.17. The van der Waals surface area contributed by atoms with Gasteiger partial charge in [0, 0.05) is 13.2 Å². The van der Waals surface area contributed by atoms with E-state index in [1.807, 2.05) is 7.05 Å². The van der Waals surface area contributed by atoms with E-state index in [1.54, 1.807) is 0 Å². The van der Waals surface area contributed by atoms with Gasteiger partial charge in [0.15, 0.2) is 9.84 Å². The van der Waals surface area contributed by atoms with Crippen LogP contribution in [0.3, 0.4) is 0 Å². The van der Waals surface area contributed by atoms with Crippen LogP contribution >= 0.6 is 0 Å². The Kier molecular flexibility index (Phi) is 7.19. The van der Waals surface area contributed by atoms with E-state index >= 15 is 0 Å². The predicted molar refractivity (Wildman–Crippen MR) is 74.5 cm³/mol. The van der Waals surface area contributed by atoms with Crippen molar-refractivity contribution in [2.45, 2.75) is 32.6 Å². The zero-order valence-corrected chi connectivity index (χ0v) is 12.5. The van der Waals surface area contributed by atoms with Gasteiger partial charge in [0.25, 0.3) is 0 Å². The van der Waals surface area contributed by atoms with E-state index in [-0.39, 0.29) is 0 Å². The molecule has 0 spiro atoms. The molecule has 1 saturated heterocycles. The lowest BCUT2D eigenvalue weighted by Crippen LogP contribution is -2.28. The van der Waals surface area contributed by atoms with Crippen LogP contribution in [0.25, 0.3) is 0 Å². The zero-order valence-electron chi connectivity index (χ0n) is 11.7. The molecule has 108 valence electrons. The van der Waals surface area contributed by atoms with Gasteiger partial charge < -0.3 is 10.1 Å². The molecule has 0 aromatic heterocycles. The van der Waals surface area contributed by atoms with Gasteiger partial charge in [-0.05, 0) is 44.7 Å². The van der Waals surface area contributed by atoms with E-state index in [0.717, 1.165) is 45.4 Å². The van der Waals surface area contributed by atoms with Crippen LogP contribution in [0, 0.1) is 11.8 Å². The predicted octanol–water partition coefficient (Wildman–Crippen LogP) is 1.46. The lowest BCUT2D eigenvalue weighted by atomic mass is 9.89. The highest BCUT2D eigenvalue weighted by molar-refractivity contribution is 7.91. The summed E-state index contributed by atoms with van der Waals surface area (Å²) in [6.45, 7) is 4.61. The first-order chi connectivity index (χ1) is 8.59. The second kappa shape index (κ2) is 8.12. The van der Waals surface area contributed by atoms with E-state index in [2.05, 4.69) is 12.2 Å². The number of rotatable bonds is 9. The van der Waals surface area contributed by atoms with Gasteiger partial charge in [-0.1, -0.05) is 13.3 Å². The van der Waals surface area contributed by atoms with Crippen LogP contribution < -0.4 is 5.32 Å². The first-order valence-electron chi connectivity index (χ1n) is 7.02. The molecule has 18 heavy (non-hydrogen) atoms. The van der Waals surface area contributed by atoms with Crippen molar-refractivity contribution in [3.05, 3.63) is 0 Å². The average Bonchev–Trinajstić information content (AvgIpc) is 2.68. The Morgan fingerprint density at radius 3 is 2.72 bits per heavy atom. The fourth-order valence-corrected chi connectivity index (χ4v) is 4.47. The van der Waals surface area contributed by atoms with Gasteiger partial charge in [0.1, 0.15) is 0 Å². The van der Waals surface area contributed by atoms with Crippen LogP contribution in [0.15, 0.2) is 0 Å². The molecule has 1 aliphatic rings. The maximum Gasteiger partial charge on any atom is 0.150 e. The lowest BCUT2D eigenvalue weighted by Gasteiger charge is -2.22. The molecule has 2 unspecified atom stereocenters. The summed E-state index contributed by atoms with van der Waals surface area (Å²) in [7, 11) is -0.842. The van der Waals surface area contributed by atoms with E-state index in [4.69, 9.17) is 4.74 Å². The highest BCUT2D eigenvalue weighted by atomic mass is 32.2. The van der Waals surface area contributed by atoms with E-state index in [9.17, 15) is 8.42 Å². The third kappa shape index (κ3) is 5.67. The van der Waals surface area contributed by atoms with Gasteiger partial charge in [-0.25, -0.2) is 8.42 Å². The van der Waals surface area contributed by atoms with Crippen molar-refractivity contribution in [1.82, 2.24) is 5.32 Å². The summed E-state index contributed by atoms with van der Waals surface area (Å²) < 4.78 is 28.6. The second-order valence-corrected chi connectivity index (χ2v) is 7.46. The monoisotopic (exact) mass is 277 g/mol. The van der Waals surface area contributed by atoms with Gasteiger partial charge in [-0.15, -0.1) is 0 Å². The van der Waals surface area contributed by atoms with Crippen molar-refractivity contribution >= 4 is 9.84 Å². The van der Waals surface area contributed by atoms with Crippen molar-refractivity contribution in [1.29, 1.82) is 0 Å². The van der Waals surface area contributed by atoms with E-state index in [0.29, 0.717) is 23.3 Å². The summed E-state index contributed by atoms with van der Waals surface area (Å²) in [6.07, 6.45) is 4.05. The number of unbranched alkanes of at least 4 members (excludes halogenated alkanes) is 1. The normalized spacial score (nSPS) is 24.2. The first kappa shape index (κ1) is 15.9. The van der Waals surface area contributed by atoms with Crippen LogP contribution in [0.2, 0.25) is 0 Å².